The number of hydrogen-bond acceptors (Lipinski definition) is 4. The Morgan fingerprint density at radius 2 is 1.79 bits per heavy atom. The van der Waals surface area contributed by atoms with E-state index in [1.54, 1.807) is 38.4 Å². The molecule has 1 aromatic carbocycles. The average molecular weight is 758 g/mol. The van der Waals surface area contributed by atoms with Crippen LogP contribution in [0.5, 0.6) is 0 Å². The molecule has 33 heavy (non-hydrogen) atoms. The van der Waals surface area contributed by atoms with Crippen molar-refractivity contribution in [3.8, 4) is 5.82 Å². The van der Waals surface area contributed by atoms with E-state index in [0.717, 1.165) is 0 Å². The van der Waals surface area contributed by atoms with Gasteiger partial charge in [-0.2, -0.15) is 0 Å². The van der Waals surface area contributed by atoms with Gasteiger partial charge in [0.15, 0.2) is 5.82 Å². The maximum atomic E-state index is 13.3. The van der Waals surface area contributed by atoms with E-state index in [4.69, 9.17) is 23.2 Å². The van der Waals surface area contributed by atoms with Crippen LogP contribution in [0.3, 0.4) is 0 Å². The average Bonchev–Trinajstić information content (AvgIpc) is 3.03. The van der Waals surface area contributed by atoms with Gasteiger partial charge in [0.05, 0.1) is 20.7 Å². The molecule has 0 saturated carbocycles. The molecule has 3 aromatic rings. The molecule has 0 bridgehead atoms. The quantitative estimate of drug-likeness (QED) is 0.293. The van der Waals surface area contributed by atoms with Gasteiger partial charge in [-0.05, 0) is 76.3 Å². The molecule has 14 heteroatoms. The number of carbonyl (C=O) groups is 2. The molecule has 8 nitrogen and oxygen atoms in total. The maximum absolute atomic E-state index is 13.3. The summed E-state index contributed by atoms with van der Waals surface area (Å²) in [6.07, 6.45) is 1.54. The summed E-state index contributed by atoms with van der Waals surface area (Å²) in [6, 6.07) is 8.11. The van der Waals surface area contributed by atoms with E-state index in [0.29, 0.717) is 18.4 Å². The van der Waals surface area contributed by atoms with Crippen LogP contribution < -0.4 is 10.7 Å². The Hall–Kier alpha value is -0.366. The third kappa shape index (κ3) is 6.86. The number of carbonyl (C=O) groups excluding carboxylic acids is 2. The van der Waals surface area contributed by atoms with Crippen molar-refractivity contribution in [2.75, 3.05) is 19.4 Å². The number of benzene rings is 1. The van der Waals surface area contributed by atoms with E-state index in [9.17, 15) is 9.59 Å². The monoisotopic (exact) mass is 754 g/mol. The molecule has 0 aliphatic heterocycles. The Bertz CT molecular complexity index is 1210. The summed E-state index contributed by atoms with van der Waals surface area (Å²) in [5.74, 6) is -0.771. The molecule has 0 fully saturated rings. The summed E-state index contributed by atoms with van der Waals surface area (Å²) in [6.45, 7) is 0. The second kappa shape index (κ2) is 12.6. The van der Waals surface area contributed by atoms with Crippen molar-refractivity contribution in [2.24, 2.45) is 0 Å². The smallest absolute Gasteiger partial charge is 0.272 e. The van der Waals surface area contributed by atoms with Crippen molar-refractivity contribution in [1.82, 2.24) is 20.0 Å². The zero-order chi connectivity index (χ0) is 23.6. The van der Waals surface area contributed by atoms with E-state index < -0.39 is 11.8 Å². The molecular weight excluding hydrogens is 744 g/mol. The van der Waals surface area contributed by atoms with Crippen molar-refractivity contribution in [2.45, 2.75) is 0 Å². The molecule has 1 radical (unpaired) electrons. The van der Waals surface area contributed by atoms with Crippen molar-refractivity contribution in [3.63, 3.8) is 0 Å². The molecule has 3 rings (SSSR count). The normalized spacial score (nSPS) is 10.7. The summed E-state index contributed by atoms with van der Waals surface area (Å²) < 4.78 is 3.00. The molecule has 0 aliphatic carbocycles. The van der Waals surface area contributed by atoms with E-state index in [1.807, 2.05) is 0 Å². The van der Waals surface area contributed by atoms with E-state index in [1.165, 1.54) is 21.8 Å². The first-order valence-corrected chi connectivity index (χ1v) is 11.9. The van der Waals surface area contributed by atoms with Gasteiger partial charge in [0.25, 0.3) is 5.91 Å². The van der Waals surface area contributed by atoms with Crippen LogP contribution in [0.15, 0.2) is 49.9 Å². The van der Waals surface area contributed by atoms with Gasteiger partial charge in [-0.25, -0.2) is 4.98 Å². The van der Waals surface area contributed by atoms with Crippen LogP contribution in [0.25, 0.3) is 11.4 Å². The van der Waals surface area contributed by atoms with Crippen LogP contribution in [0.2, 0.25) is 10.2 Å². The Morgan fingerprint density at radius 3 is 2.42 bits per heavy atom. The van der Waals surface area contributed by atoms with Gasteiger partial charge in [-0.3, -0.25) is 14.2 Å². The van der Waals surface area contributed by atoms with E-state index in [-0.39, 0.29) is 60.6 Å². The standard InChI is InChI=1S/C19H14Br3Cl2N6O2.Y/c1-29(2)28-27-18(31)10-6-9(20)7-11(21)15(10)26-19(32)14-8-12(22)16(24)30(14)17-13(23)4-3-5-25-17;/h3-8H,1-2H3,(H2,26,27,31,32);/q-1;. The molecule has 0 unspecified atom stereocenters. The fourth-order valence-corrected chi connectivity index (χ4v) is 4.79. The van der Waals surface area contributed by atoms with Gasteiger partial charge >= 0.3 is 0 Å². The number of nitrogens with zero attached hydrogens (tertiary/aromatic N) is 4. The number of nitrogens with one attached hydrogen (secondary N) is 2. The molecule has 2 N–H and O–H groups in total. The van der Waals surface area contributed by atoms with E-state index >= 15 is 0 Å². The number of amides is 2. The Balaban J connectivity index is 0.00000385. The Kier molecular flexibility index (Phi) is 11.0. The first-order chi connectivity index (χ1) is 15.1. The summed E-state index contributed by atoms with van der Waals surface area (Å²) in [4.78, 5) is 30.2. The molecule has 171 valence electrons. The number of hydrogen-bond donors (Lipinski definition) is 2. The van der Waals surface area contributed by atoms with Gasteiger partial charge < -0.3 is 21.3 Å². The van der Waals surface area contributed by atoms with E-state index in [2.05, 4.69) is 69.1 Å². The summed E-state index contributed by atoms with van der Waals surface area (Å²) in [7, 11) is 3.33. The molecular formula is C19H14Br3Cl2N6O2Y-. The molecule has 0 spiro atoms. The van der Waals surface area contributed by atoms with Gasteiger partial charge in [-0.1, -0.05) is 39.1 Å². The molecule has 0 atom stereocenters. The second-order valence-electron chi connectivity index (χ2n) is 6.47. The molecule has 0 aliphatic rings. The van der Waals surface area contributed by atoms with Crippen LogP contribution in [-0.4, -0.2) is 40.5 Å². The number of rotatable bonds is 6. The fraction of sp³-hybridized carbons (Fsp3) is 0.105. The number of aromatic nitrogens is 2. The van der Waals surface area contributed by atoms with Crippen LogP contribution in [0.4, 0.5) is 5.69 Å². The summed E-state index contributed by atoms with van der Waals surface area (Å²) >= 11 is 22.8. The van der Waals surface area contributed by atoms with Crippen LogP contribution >= 0.6 is 71.0 Å². The first-order valence-electron chi connectivity index (χ1n) is 8.76. The minimum Gasteiger partial charge on any atom is -0.501 e. The van der Waals surface area contributed by atoms with Crippen LogP contribution in [0.1, 0.15) is 20.8 Å². The van der Waals surface area contributed by atoms with Crippen molar-refractivity contribution < 1.29 is 42.3 Å². The van der Waals surface area contributed by atoms with Gasteiger partial charge in [0, 0.05) is 47.9 Å². The Morgan fingerprint density at radius 1 is 1.09 bits per heavy atom. The van der Waals surface area contributed by atoms with Crippen molar-refractivity contribution in [1.29, 1.82) is 0 Å². The molecule has 2 heterocycles. The first kappa shape index (κ1) is 28.9. The van der Waals surface area contributed by atoms with Gasteiger partial charge in [-0.15, -0.1) is 0 Å². The van der Waals surface area contributed by atoms with Crippen LogP contribution in [-0.2, 0) is 32.7 Å². The van der Waals surface area contributed by atoms with Gasteiger partial charge in [0.2, 0.25) is 5.91 Å². The summed E-state index contributed by atoms with van der Waals surface area (Å²) in [5, 5.41) is 4.73. The summed E-state index contributed by atoms with van der Waals surface area (Å²) in [5.41, 5.74) is 6.86. The van der Waals surface area contributed by atoms with Crippen LogP contribution in [0, 0.1) is 0 Å². The predicted octanol–water partition coefficient (Wildman–Crippen LogP) is 6.21. The minimum absolute atomic E-state index is 0. The van der Waals surface area contributed by atoms with Gasteiger partial charge in [0.1, 0.15) is 10.8 Å². The topological polar surface area (TPSA) is 93.4 Å². The number of anilines is 1. The zero-order valence-corrected chi connectivity index (χ0v) is 26.1. The number of pyridine rings is 1. The second-order valence-corrected chi connectivity index (χ2v) is 9.85. The largest absolute Gasteiger partial charge is 0.501 e. The maximum Gasteiger partial charge on any atom is 0.272 e. The van der Waals surface area contributed by atoms with Crippen molar-refractivity contribution in [3.05, 3.63) is 76.9 Å². The Labute approximate surface area is 250 Å². The molecule has 2 aromatic heterocycles. The number of halogens is 5. The SMILES string of the molecule is CN(C)[N-]NC(=O)c1cc(Br)cc(Br)c1NC(=O)c1cc(Br)c(Cl)n1-c1ncccc1Cl.[Y]. The fourth-order valence-electron chi connectivity index (χ4n) is 2.64. The molecule has 0 saturated heterocycles. The zero-order valence-electron chi connectivity index (χ0n) is 17.0. The minimum atomic E-state index is -0.541. The third-order valence-corrected chi connectivity index (χ3v) is 6.55. The predicted molar refractivity (Wildman–Crippen MR) is 136 cm³/mol. The molecule has 2 amide bonds. The van der Waals surface area contributed by atoms with Crippen molar-refractivity contribution >= 4 is 88.5 Å². The third-order valence-electron chi connectivity index (χ3n) is 3.97.